The van der Waals surface area contributed by atoms with Crippen LogP contribution in [0.3, 0.4) is 0 Å². The van der Waals surface area contributed by atoms with Crippen LogP contribution in [0.25, 0.3) is 0 Å². The lowest BCUT2D eigenvalue weighted by atomic mass is 10.1. The molecule has 0 unspecified atom stereocenters. The van der Waals surface area contributed by atoms with Gasteiger partial charge >= 0.3 is 0 Å². The van der Waals surface area contributed by atoms with Crippen molar-refractivity contribution in [3.8, 4) is 5.75 Å². The van der Waals surface area contributed by atoms with Crippen LogP contribution in [0.2, 0.25) is 0 Å². The van der Waals surface area contributed by atoms with E-state index in [-0.39, 0.29) is 5.91 Å². The molecule has 1 amide bonds. The van der Waals surface area contributed by atoms with Gasteiger partial charge in [-0.3, -0.25) is 9.69 Å². The van der Waals surface area contributed by atoms with E-state index < -0.39 is 0 Å². The van der Waals surface area contributed by atoms with Crippen LogP contribution in [0.15, 0.2) is 48.5 Å². The zero-order chi connectivity index (χ0) is 18.8. The first-order valence-corrected chi connectivity index (χ1v) is 9.34. The number of amides is 1. The summed E-state index contributed by atoms with van der Waals surface area (Å²) < 4.78 is 5.21. The van der Waals surface area contributed by atoms with E-state index >= 15 is 0 Å². The van der Waals surface area contributed by atoms with Gasteiger partial charge < -0.3 is 10.1 Å². The maximum Gasteiger partial charge on any atom is 0.220 e. The van der Waals surface area contributed by atoms with Gasteiger partial charge in [-0.2, -0.15) is 0 Å². The Morgan fingerprint density at radius 1 is 1.00 bits per heavy atom. The number of hydrogen-bond donors (Lipinski definition) is 1. The highest BCUT2D eigenvalue weighted by Gasteiger charge is 2.05. The Morgan fingerprint density at radius 2 is 1.69 bits per heavy atom. The standard InChI is InChI=1S/C22H30N2O2/c1-4-24(5-2)17-20-11-9-19(10-12-20)16-23-22(25)14-13-18-7-6-8-21(15-18)26-3/h6-12,15H,4-5,13-14,16-17H2,1-3H3,(H,23,25). The summed E-state index contributed by atoms with van der Waals surface area (Å²) in [5.41, 5.74) is 3.55. The van der Waals surface area contributed by atoms with Crippen LogP contribution < -0.4 is 10.1 Å². The van der Waals surface area contributed by atoms with E-state index in [0.717, 1.165) is 36.5 Å². The zero-order valence-electron chi connectivity index (χ0n) is 16.1. The molecule has 140 valence electrons. The molecular weight excluding hydrogens is 324 g/mol. The van der Waals surface area contributed by atoms with Crippen molar-refractivity contribution in [2.45, 2.75) is 39.8 Å². The van der Waals surface area contributed by atoms with Crippen LogP contribution in [0.4, 0.5) is 0 Å². The van der Waals surface area contributed by atoms with Crippen LogP contribution in [0.5, 0.6) is 5.75 Å². The summed E-state index contributed by atoms with van der Waals surface area (Å²) in [7, 11) is 1.65. The molecule has 2 aromatic carbocycles. The minimum absolute atomic E-state index is 0.0695. The summed E-state index contributed by atoms with van der Waals surface area (Å²) in [6.07, 6.45) is 1.19. The molecule has 0 aromatic heterocycles. The van der Waals surface area contributed by atoms with Gasteiger partial charge in [-0.05, 0) is 48.3 Å². The van der Waals surface area contributed by atoms with Crippen molar-refractivity contribution in [1.29, 1.82) is 0 Å². The number of nitrogens with zero attached hydrogens (tertiary/aromatic N) is 1. The molecule has 2 rings (SSSR count). The summed E-state index contributed by atoms with van der Waals surface area (Å²) in [6.45, 7) is 8.02. The monoisotopic (exact) mass is 354 g/mol. The fourth-order valence-corrected chi connectivity index (χ4v) is 2.84. The van der Waals surface area contributed by atoms with E-state index in [4.69, 9.17) is 4.74 Å². The fourth-order valence-electron chi connectivity index (χ4n) is 2.84. The Hall–Kier alpha value is -2.33. The van der Waals surface area contributed by atoms with E-state index in [1.54, 1.807) is 7.11 Å². The van der Waals surface area contributed by atoms with Gasteiger partial charge in [0.15, 0.2) is 0 Å². The van der Waals surface area contributed by atoms with E-state index in [0.29, 0.717) is 19.4 Å². The van der Waals surface area contributed by atoms with Gasteiger partial charge in [0.05, 0.1) is 7.11 Å². The third-order valence-corrected chi connectivity index (χ3v) is 4.59. The molecule has 0 aliphatic carbocycles. The molecule has 0 fully saturated rings. The number of carbonyl (C=O) groups is 1. The molecule has 0 saturated carbocycles. The lowest BCUT2D eigenvalue weighted by Crippen LogP contribution is -2.23. The average molecular weight is 354 g/mol. The molecule has 0 spiro atoms. The number of rotatable bonds is 10. The third-order valence-electron chi connectivity index (χ3n) is 4.59. The van der Waals surface area contributed by atoms with Crippen molar-refractivity contribution in [3.63, 3.8) is 0 Å². The summed E-state index contributed by atoms with van der Waals surface area (Å²) >= 11 is 0. The van der Waals surface area contributed by atoms with Gasteiger partial charge in [-0.1, -0.05) is 50.2 Å². The lowest BCUT2D eigenvalue weighted by molar-refractivity contribution is -0.121. The first-order valence-electron chi connectivity index (χ1n) is 9.34. The van der Waals surface area contributed by atoms with E-state index in [2.05, 4.69) is 48.3 Å². The summed E-state index contributed by atoms with van der Waals surface area (Å²) in [5, 5.41) is 3.00. The molecule has 0 saturated heterocycles. The number of hydrogen-bond acceptors (Lipinski definition) is 3. The number of ether oxygens (including phenoxy) is 1. The Labute approximate surface area is 157 Å². The molecule has 26 heavy (non-hydrogen) atoms. The van der Waals surface area contributed by atoms with Crippen molar-refractivity contribution in [3.05, 3.63) is 65.2 Å². The fraction of sp³-hybridized carbons (Fsp3) is 0.409. The molecule has 0 aliphatic rings. The second-order valence-electron chi connectivity index (χ2n) is 6.41. The highest BCUT2D eigenvalue weighted by molar-refractivity contribution is 5.76. The maximum absolute atomic E-state index is 12.1. The number of benzene rings is 2. The summed E-state index contributed by atoms with van der Waals surface area (Å²) in [5.74, 6) is 0.896. The topological polar surface area (TPSA) is 41.6 Å². The molecule has 4 heteroatoms. The highest BCUT2D eigenvalue weighted by atomic mass is 16.5. The van der Waals surface area contributed by atoms with Gasteiger partial charge in [-0.15, -0.1) is 0 Å². The number of aryl methyl sites for hydroxylation is 1. The minimum Gasteiger partial charge on any atom is -0.497 e. The maximum atomic E-state index is 12.1. The Kier molecular flexibility index (Phi) is 8.16. The lowest BCUT2D eigenvalue weighted by Gasteiger charge is -2.18. The molecule has 0 heterocycles. The molecule has 0 bridgehead atoms. The third kappa shape index (κ3) is 6.52. The normalized spacial score (nSPS) is 10.8. The van der Waals surface area contributed by atoms with Crippen LogP contribution >= 0.6 is 0 Å². The van der Waals surface area contributed by atoms with E-state index in [9.17, 15) is 4.79 Å². The van der Waals surface area contributed by atoms with Gasteiger partial charge in [-0.25, -0.2) is 0 Å². The second-order valence-corrected chi connectivity index (χ2v) is 6.41. The molecule has 0 aliphatic heterocycles. The molecule has 2 aromatic rings. The molecule has 0 radical (unpaired) electrons. The van der Waals surface area contributed by atoms with Gasteiger partial charge in [0.2, 0.25) is 5.91 Å². The van der Waals surface area contributed by atoms with E-state index in [1.165, 1.54) is 5.56 Å². The van der Waals surface area contributed by atoms with Gasteiger partial charge in [0, 0.05) is 19.5 Å². The molecule has 0 atom stereocenters. The number of carbonyl (C=O) groups excluding carboxylic acids is 1. The van der Waals surface area contributed by atoms with Gasteiger partial charge in [0.1, 0.15) is 5.75 Å². The Balaban J connectivity index is 1.76. The Morgan fingerprint density at radius 3 is 2.35 bits per heavy atom. The van der Waals surface area contributed by atoms with Crippen LogP contribution in [0.1, 0.15) is 37.0 Å². The van der Waals surface area contributed by atoms with Crippen LogP contribution in [-0.4, -0.2) is 31.0 Å². The van der Waals surface area contributed by atoms with Crippen molar-refractivity contribution in [1.82, 2.24) is 10.2 Å². The van der Waals surface area contributed by atoms with Crippen molar-refractivity contribution in [2.75, 3.05) is 20.2 Å². The molecular formula is C22H30N2O2. The average Bonchev–Trinajstić information content (AvgIpc) is 2.70. The van der Waals surface area contributed by atoms with Crippen LogP contribution in [0, 0.1) is 0 Å². The number of methoxy groups -OCH3 is 1. The molecule has 1 N–H and O–H groups in total. The predicted molar refractivity (Wildman–Crippen MR) is 106 cm³/mol. The first-order chi connectivity index (χ1) is 12.6. The predicted octanol–water partition coefficient (Wildman–Crippen LogP) is 3.79. The number of nitrogens with one attached hydrogen (secondary N) is 1. The quantitative estimate of drug-likeness (QED) is 0.706. The minimum atomic E-state index is 0.0695. The Bertz CT molecular complexity index is 679. The highest BCUT2D eigenvalue weighted by Crippen LogP contribution is 2.14. The molecule has 4 nitrogen and oxygen atoms in total. The van der Waals surface area contributed by atoms with Crippen molar-refractivity contribution >= 4 is 5.91 Å². The van der Waals surface area contributed by atoms with Crippen LogP contribution in [-0.2, 0) is 24.3 Å². The zero-order valence-corrected chi connectivity index (χ0v) is 16.1. The second kappa shape index (κ2) is 10.6. The summed E-state index contributed by atoms with van der Waals surface area (Å²) in [4.78, 5) is 14.5. The van der Waals surface area contributed by atoms with E-state index in [1.807, 2.05) is 24.3 Å². The SMILES string of the molecule is CCN(CC)Cc1ccc(CNC(=O)CCc2cccc(OC)c2)cc1. The largest absolute Gasteiger partial charge is 0.497 e. The van der Waals surface area contributed by atoms with Crippen molar-refractivity contribution < 1.29 is 9.53 Å². The smallest absolute Gasteiger partial charge is 0.220 e. The first kappa shape index (κ1) is 20.0. The van der Waals surface area contributed by atoms with Gasteiger partial charge in [0.25, 0.3) is 0 Å². The van der Waals surface area contributed by atoms with Crippen molar-refractivity contribution in [2.24, 2.45) is 0 Å². The summed E-state index contributed by atoms with van der Waals surface area (Å²) in [6, 6.07) is 16.3.